The van der Waals surface area contributed by atoms with Crippen molar-refractivity contribution < 1.29 is 19.4 Å². The van der Waals surface area contributed by atoms with E-state index >= 15 is 0 Å². The van der Waals surface area contributed by atoms with E-state index in [4.69, 9.17) is 9.47 Å². The first-order chi connectivity index (χ1) is 8.54. The number of carboxylic acid groups (broad SMARTS) is 1. The third-order valence-electron chi connectivity index (χ3n) is 5.76. The monoisotopic (exact) mass is 252 g/mol. The van der Waals surface area contributed by atoms with Crippen LogP contribution in [0.25, 0.3) is 0 Å². The normalized spacial score (nSPS) is 54.4. The number of carbonyl (C=O) groups is 1. The highest BCUT2D eigenvalue weighted by molar-refractivity contribution is 5.75. The molecule has 2 heterocycles. The van der Waals surface area contributed by atoms with Gasteiger partial charge >= 0.3 is 5.97 Å². The Morgan fingerprint density at radius 2 is 1.83 bits per heavy atom. The van der Waals surface area contributed by atoms with Crippen LogP contribution in [0.2, 0.25) is 0 Å². The Morgan fingerprint density at radius 1 is 1.17 bits per heavy atom. The summed E-state index contributed by atoms with van der Waals surface area (Å²) in [6.07, 6.45) is 7.44. The maximum Gasteiger partial charge on any atom is 0.309 e. The number of hydrogen-bond donors (Lipinski definition) is 1. The Bertz CT molecular complexity index is 406. The van der Waals surface area contributed by atoms with Gasteiger partial charge in [0.25, 0.3) is 0 Å². The summed E-state index contributed by atoms with van der Waals surface area (Å²) in [5.41, 5.74) is -0.668. The van der Waals surface area contributed by atoms with Gasteiger partial charge in [0.1, 0.15) is 0 Å². The number of hydrogen-bond acceptors (Lipinski definition) is 3. The van der Waals surface area contributed by atoms with Gasteiger partial charge in [-0.25, -0.2) is 0 Å². The lowest BCUT2D eigenvalue weighted by atomic mass is 9.60. The first-order valence-corrected chi connectivity index (χ1v) is 7.18. The second-order valence-corrected chi connectivity index (χ2v) is 6.72. The zero-order valence-corrected chi connectivity index (χ0v) is 10.8. The molecule has 0 aromatic rings. The number of rotatable bonds is 2. The van der Waals surface area contributed by atoms with Crippen molar-refractivity contribution in [1.29, 1.82) is 0 Å². The molecule has 0 spiro atoms. The first kappa shape index (κ1) is 11.2. The third kappa shape index (κ3) is 1.12. The summed E-state index contributed by atoms with van der Waals surface area (Å²) in [4.78, 5) is 11.7. The zero-order chi connectivity index (χ0) is 12.6. The zero-order valence-electron chi connectivity index (χ0n) is 10.8. The summed E-state index contributed by atoms with van der Waals surface area (Å²) < 4.78 is 11.5. The van der Waals surface area contributed by atoms with Crippen molar-refractivity contribution in [2.75, 3.05) is 0 Å². The molecule has 4 aliphatic rings. The van der Waals surface area contributed by atoms with Crippen molar-refractivity contribution in [3.05, 3.63) is 0 Å². The highest BCUT2D eigenvalue weighted by Gasteiger charge is 2.96. The molecule has 2 aliphatic heterocycles. The van der Waals surface area contributed by atoms with Gasteiger partial charge in [0.2, 0.25) is 11.6 Å². The van der Waals surface area contributed by atoms with Crippen LogP contribution in [0, 0.1) is 17.3 Å². The van der Waals surface area contributed by atoms with Crippen molar-refractivity contribution in [3.63, 3.8) is 0 Å². The number of aliphatic carboxylic acids is 1. The highest BCUT2D eigenvalue weighted by atomic mass is 17.0. The highest BCUT2D eigenvalue weighted by Crippen LogP contribution is 2.80. The number of carboxylic acids is 1. The lowest BCUT2D eigenvalue weighted by molar-refractivity contribution is -0.166. The Hall–Kier alpha value is -0.610. The molecule has 0 radical (unpaired) electrons. The van der Waals surface area contributed by atoms with Crippen LogP contribution in [0.15, 0.2) is 0 Å². The van der Waals surface area contributed by atoms with Crippen molar-refractivity contribution in [2.45, 2.75) is 63.4 Å². The van der Waals surface area contributed by atoms with Crippen molar-refractivity contribution in [1.82, 2.24) is 0 Å². The maximum absolute atomic E-state index is 11.7. The average Bonchev–Trinajstić information content (AvgIpc) is 3.16. The summed E-state index contributed by atoms with van der Waals surface area (Å²) in [5.74, 6) is -1.02. The van der Waals surface area contributed by atoms with E-state index in [1.54, 1.807) is 0 Å². The standard InChI is InChI=1S/C14H20O4/c1-12(11(15)16)7-8-13-14(17-13,18-13)10(12)9-5-3-2-4-6-9/h9-10H,2-8H2,1H3,(H,15,16). The Labute approximate surface area is 107 Å². The molecular weight excluding hydrogens is 232 g/mol. The molecule has 4 nitrogen and oxygen atoms in total. The molecule has 2 atom stereocenters. The molecule has 0 amide bonds. The fraction of sp³-hybridized carbons (Fsp3) is 0.929. The topological polar surface area (TPSA) is 62.4 Å². The van der Waals surface area contributed by atoms with Crippen molar-refractivity contribution in [2.24, 2.45) is 17.3 Å². The van der Waals surface area contributed by atoms with Gasteiger partial charge in [-0.15, -0.1) is 0 Å². The van der Waals surface area contributed by atoms with Gasteiger partial charge in [-0.05, 0) is 32.1 Å². The SMILES string of the molecule is CC1(C(=O)O)CCC23OC2(O3)C1C1CCCCC1. The lowest BCUT2D eigenvalue weighted by Crippen LogP contribution is -2.47. The van der Waals surface area contributed by atoms with Crippen LogP contribution in [0.4, 0.5) is 0 Å². The van der Waals surface area contributed by atoms with Gasteiger partial charge in [-0.3, -0.25) is 4.79 Å². The van der Waals surface area contributed by atoms with Crippen molar-refractivity contribution in [3.8, 4) is 0 Å². The number of ether oxygens (including phenoxy) is 2. The molecule has 2 aliphatic carbocycles. The van der Waals surface area contributed by atoms with Crippen molar-refractivity contribution >= 4 is 5.97 Å². The molecule has 4 heteroatoms. The van der Waals surface area contributed by atoms with Crippen LogP contribution in [0.5, 0.6) is 0 Å². The minimum Gasteiger partial charge on any atom is -0.481 e. The van der Waals surface area contributed by atoms with Gasteiger partial charge in [0.05, 0.1) is 5.41 Å². The van der Waals surface area contributed by atoms with Crippen LogP contribution < -0.4 is 0 Å². The van der Waals surface area contributed by atoms with Gasteiger partial charge in [-0.1, -0.05) is 19.3 Å². The summed E-state index contributed by atoms with van der Waals surface area (Å²) in [5, 5.41) is 9.65. The Kier molecular flexibility index (Phi) is 1.93. The van der Waals surface area contributed by atoms with Crippen LogP contribution in [-0.4, -0.2) is 22.7 Å². The van der Waals surface area contributed by atoms with Crippen LogP contribution in [-0.2, 0) is 14.3 Å². The summed E-state index contributed by atoms with van der Waals surface area (Å²) in [6, 6.07) is 0. The largest absolute Gasteiger partial charge is 0.481 e. The van der Waals surface area contributed by atoms with Crippen LogP contribution in [0.1, 0.15) is 51.9 Å². The molecule has 0 aromatic carbocycles. The Morgan fingerprint density at radius 3 is 2.44 bits per heavy atom. The minimum absolute atomic E-state index is 0.0524. The van der Waals surface area contributed by atoms with E-state index in [-0.39, 0.29) is 11.7 Å². The van der Waals surface area contributed by atoms with E-state index in [1.165, 1.54) is 19.3 Å². The second kappa shape index (κ2) is 3.10. The summed E-state index contributed by atoms with van der Waals surface area (Å²) in [6.45, 7) is 1.90. The molecule has 4 fully saturated rings. The number of epoxide rings is 2. The van der Waals surface area contributed by atoms with Crippen LogP contribution in [0.3, 0.4) is 0 Å². The van der Waals surface area contributed by atoms with E-state index in [2.05, 4.69) is 0 Å². The van der Waals surface area contributed by atoms with E-state index < -0.39 is 17.2 Å². The molecule has 2 saturated carbocycles. The molecule has 2 saturated heterocycles. The molecule has 1 N–H and O–H groups in total. The van der Waals surface area contributed by atoms with Gasteiger partial charge < -0.3 is 14.6 Å². The molecule has 0 aromatic heterocycles. The predicted octanol–water partition coefficient (Wildman–Crippen LogP) is 2.52. The Balaban J connectivity index is 1.69. The quantitative estimate of drug-likeness (QED) is 0.767. The van der Waals surface area contributed by atoms with Gasteiger partial charge in [0, 0.05) is 12.3 Å². The first-order valence-electron chi connectivity index (χ1n) is 7.18. The minimum atomic E-state index is -0.674. The predicted molar refractivity (Wildman–Crippen MR) is 62.7 cm³/mol. The molecule has 100 valence electrons. The average molecular weight is 252 g/mol. The third-order valence-corrected chi connectivity index (χ3v) is 5.76. The maximum atomic E-state index is 11.7. The van der Waals surface area contributed by atoms with E-state index in [1.807, 2.05) is 6.92 Å². The molecule has 18 heavy (non-hydrogen) atoms. The summed E-state index contributed by atoms with van der Waals surface area (Å²) >= 11 is 0. The van der Waals surface area contributed by atoms with E-state index in [0.29, 0.717) is 12.3 Å². The molecule has 2 unspecified atom stereocenters. The molecule has 0 bridgehead atoms. The summed E-state index contributed by atoms with van der Waals surface area (Å²) in [7, 11) is 0. The van der Waals surface area contributed by atoms with Gasteiger partial charge in [-0.2, -0.15) is 0 Å². The van der Waals surface area contributed by atoms with E-state index in [0.717, 1.165) is 19.3 Å². The van der Waals surface area contributed by atoms with Crippen LogP contribution >= 0.6 is 0 Å². The van der Waals surface area contributed by atoms with E-state index in [9.17, 15) is 9.90 Å². The lowest BCUT2D eigenvalue weighted by Gasteiger charge is -2.40. The molecule has 4 rings (SSSR count). The second-order valence-electron chi connectivity index (χ2n) is 6.72. The fourth-order valence-corrected chi connectivity index (χ4v) is 4.62. The smallest absolute Gasteiger partial charge is 0.309 e. The van der Waals surface area contributed by atoms with Gasteiger partial charge in [0.15, 0.2) is 0 Å². The molecular formula is C14H20O4. The fourth-order valence-electron chi connectivity index (χ4n) is 4.62.